The third-order valence-corrected chi connectivity index (χ3v) is 3.10. The van der Waals surface area contributed by atoms with Gasteiger partial charge in [-0.05, 0) is 11.6 Å². The second-order valence-electron chi connectivity index (χ2n) is 4.31. The van der Waals surface area contributed by atoms with Crippen LogP contribution in [-0.4, -0.2) is 5.11 Å². The summed E-state index contributed by atoms with van der Waals surface area (Å²) in [5.74, 6) is 0. The fourth-order valence-corrected chi connectivity index (χ4v) is 2.18. The predicted octanol–water partition coefficient (Wildman–Crippen LogP) is 3.08. The van der Waals surface area contributed by atoms with Crippen molar-refractivity contribution in [3.8, 4) is 0 Å². The van der Waals surface area contributed by atoms with Crippen LogP contribution >= 0.6 is 0 Å². The van der Waals surface area contributed by atoms with Crippen molar-refractivity contribution in [3.05, 3.63) is 78.4 Å². The monoisotopic (exact) mass is 239 g/mol. The highest BCUT2D eigenvalue weighted by Gasteiger charge is 2.31. The highest BCUT2D eigenvalue weighted by atomic mass is 16.3. The number of nitrogens with two attached hydrogens (primary N) is 1. The molecule has 0 aromatic heterocycles. The van der Waals surface area contributed by atoms with Crippen LogP contribution in [0, 0.1) is 0 Å². The van der Waals surface area contributed by atoms with E-state index >= 15 is 0 Å². The highest BCUT2D eigenvalue weighted by molar-refractivity contribution is 5.53. The van der Waals surface area contributed by atoms with E-state index in [0.29, 0.717) is 12.1 Å². The maximum Gasteiger partial charge on any atom is 0.120 e. The van der Waals surface area contributed by atoms with Crippen molar-refractivity contribution >= 4 is 5.69 Å². The van der Waals surface area contributed by atoms with E-state index in [0.717, 1.165) is 11.1 Å². The molecule has 2 nitrogen and oxygen atoms in total. The molecule has 2 rings (SSSR count). The summed E-state index contributed by atoms with van der Waals surface area (Å²) in [7, 11) is 0. The maximum absolute atomic E-state index is 11.0. The number of para-hydroxylation sites is 1. The summed E-state index contributed by atoms with van der Waals surface area (Å²) < 4.78 is 0. The van der Waals surface area contributed by atoms with Crippen LogP contribution in [0.3, 0.4) is 0 Å². The lowest BCUT2D eigenvalue weighted by Crippen LogP contribution is -2.27. The molecule has 2 heteroatoms. The smallest absolute Gasteiger partial charge is 0.120 e. The van der Waals surface area contributed by atoms with Crippen LogP contribution in [0.1, 0.15) is 17.5 Å². The largest absolute Gasteiger partial charge is 0.398 e. The summed E-state index contributed by atoms with van der Waals surface area (Å²) >= 11 is 0. The molecule has 0 spiro atoms. The Morgan fingerprint density at radius 1 is 1.06 bits per heavy atom. The Hall–Kier alpha value is -2.06. The first kappa shape index (κ1) is 12.4. The van der Waals surface area contributed by atoms with Crippen LogP contribution < -0.4 is 5.73 Å². The number of rotatable bonds is 4. The molecule has 92 valence electrons. The minimum atomic E-state index is -1.12. The van der Waals surface area contributed by atoms with E-state index in [4.69, 9.17) is 5.73 Å². The van der Waals surface area contributed by atoms with Gasteiger partial charge in [0, 0.05) is 17.7 Å². The Labute approximate surface area is 107 Å². The van der Waals surface area contributed by atoms with Gasteiger partial charge in [-0.25, -0.2) is 0 Å². The molecule has 1 atom stereocenters. The molecule has 2 aromatic rings. The Morgan fingerprint density at radius 2 is 1.67 bits per heavy atom. The molecule has 0 radical (unpaired) electrons. The average Bonchev–Trinajstić information content (AvgIpc) is 2.40. The van der Waals surface area contributed by atoms with Gasteiger partial charge in [-0.15, -0.1) is 6.58 Å². The Morgan fingerprint density at radius 3 is 2.28 bits per heavy atom. The van der Waals surface area contributed by atoms with E-state index < -0.39 is 5.60 Å². The Bertz CT molecular complexity index is 536. The van der Waals surface area contributed by atoms with Crippen molar-refractivity contribution in [2.75, 3.05) is 5.73 Å². The normalized spacial score (nSPS) is 13.8. The van der Waals surface area contributed by atoms with E-state index in [1.165, 1.54) is 0 Å². The van der Waals surface area contributed by atoms with Crippen molar-refractivity contribution in [1.29, 1.82) is 0 Å². The number of benzene rings is 2. The SMILES string of the molecule is C=CCC(O)(c1ccccc1)c1ccccc1N. The van der Waals surface area contributed by atoms with Crippen molar-refractivity contribution in [3.63, 3.8) is 0 Å². The first-order chi connectivity index (χ1) is 8.68. The van der Waals surface area contributed by atoms with Gasteiger partial charge >= 0.3 is 0 Å². The van der Waals surface area contributed by atoms with Gasteiger partial charge in [0.1, 0.15) is 5.60 Å². The zero-order valence-corrected chi connectivity index (χ0v) is 10.2. The topological polar surface area (TPSA) is 46.2 Å². The first-order valence-electron chi connectivity index (χ1n) is 5.92. The molecule has 3 N–H and O–H groups in total. The number of aliphatic hydroxyl groups is 1. The molecule has 0 amide bonds. The van der Waals surface area contributed by atoms with Gasteiger partial charge in [0.15, 0.2) is 0 Å². The summed E-state index contributed by atoms with van der Waals surface area (Å²) in [4.78, 5) is 0. The quantitative estimate of drug-likeness (QED) is 0.636. The van der Waals surface area contributed by atoms with Crippen LogP contribution in [0.25, 0.3) is 0 Å². The van der Waals surface area contributed by atoms with E-state index in [1.807, 2.05) is 48.5 Å². The fraction of sp³-hybridized carbons (Fsp3) is 0.125. The summed E-state index contributed by atoms with van der Waals surface area (Å²) in [5.41, 5.74) is 6.99. The Kier molecular flexibility index (Phi) is 3.49. The molecular weight excluding hydrogens is 222 g/mol. The van der Waals surface area contributed by atoms with Gasteiger partial charge in [-0.2, -0.15) is 0 Å². The zero-order valence-electron chi connectivity index (χ0n) is 10.2. The van der Waals surface area contributed by atoms with Crippen LogP contribution in [0.4, 0.5) is 5.69 Å². The van der Waals surface area contributed by atoms with E-state index in [2.05, 4.69) is 6.58 Å². The van der Waals surface area contributed by atoms with E-state index in [1.54, 1.807) is 12.1 Å². The third-order valence-electron chi connectivity index (χ3n) is 3.10. The molecule has 0 aliphatic rings. The van der Waals surface area contributed by atoms with E-state index in [9.17, 15) is 5.11 Å². The van der Waals surface area contributed by atoms with Gasteiger partial charge in [0.05, 0.1) is 0 Å². The van der Waals surface area contributed by atoms with Crippen LogP contribution in [0.5, 0.6) is 0 Å². The first-order valence-corrected chi connectivity index (χ1v) is 5.92. The summed E-state index contributed by atoms with van der Waals surface area (Å²) in [6.45, 7) is 3.73. The minimum absolute atomic E-state index is 0.422. The Balaban J connectivity index is 2.58. The van der Waals surface area contributed by atoms with E-state index in [-0.39, 0.29) is 0 Å². The number of hydrogen-bond acceptors (Lipinski definition) is 2. The second kappa shape index (κ2) is 5.07. The van der Waals surface area contributed by atoms with Gasteiger partial charge in [-0.1, -0.05) is 54.6 Å². The third kappa shape index (κ3) is 2.15. The highest BCUT2D eigenvalue weighted by Crippen LogP contribution is 2.36. The van der Waals surface area contributed by atoms with Crippen LogP contribution in [-0.2, 0) is 5.60 Å². The molecule has 0 saturated carbocycles. The number of anilines is 1. The second-order valence-corrected chi connectivity index (χ2v) is 4.31. The van der Waals surface area contributed by atoms with Crippen molar-refractivity contribution < 1.29 is 5.11 Å². The molecule has 1 unspecified atom stereocenters. The van der Waals surface area contributed by atoms with Crippen LogP contribution in [0.2, 0.25) is 0 Å². The van der Waals surface area contributed by atoms with Gasteiger partial charge in [-0.3, -0.25) is 0 Å². The lowest BCUT2D eigenvalue weighted by molar-refractivity contribution is 0.0850. The number of hydrogen-bond donors (Lipinski definition) is 2. The molecule has 0 heterocycles. The predicted molar refractivity (Wildman–Crippen MR) is 75.1 cm³/mol. The molecule has 0 saturated heterocycles. The lowest BCUT2D eigenvalue weighted by atomic mass is 9.83. The number of nitrogen functional groups attached to an aromatic ring is 1. The van der Waals surface area contributed by atoms with Gasteiger partial charge < -0.3 is 10.8 Å². The minimum Gasteiger partial charge on any atom is -0.398 e. The van der Waals surface area contributed by atoms with Gasteiger partial charge in [0.25, 0.3) is 0 Å². The van der Waals surface area contributed by atoms with Crippen molar-refractivity contribution in [2.24, 2.45) is 0 Å². The molecule has 2 aromatic carbocycles. The maximum atomic E-state index is 11.0. The molecule has 0 fully saturated rings. The molecule has 0 bridgehead atoms. The summed E-state index contributed by atoms with van der Waals surface area (Å²) in [5, 5.41) is 11.0. The van der Waals surface area contributed by atoms with Crippen molar-refractivity contribution in [2.45, 2.75) is 12.0 Å². The standard InChI is InChI=1S/C16H17NO/c1-2-12-16(18,13-8-4-3-5-9-13)14-10-6-7-11-15(14)17/h2-11,18H,1,12,17H2. The van der Waals surface area contributed by atoms with Gasteiger partial charge in [0.2, 0.25) is 0 Å². The van der Waals surface area contributed by atoms with Crippen molar-refractivity contribution in [1.82, 2.24) is 0 Å². The summed E-state index contributed by atoms with van der Waals surface area (Å²) in [6, 6.07) is 16.9. The average molecular weight is 239 g/mol. The molecular formula is C16H17NO. The fourth-order valence-electron chi connectivity index (χ4n) is 2.18. The lowest BCUT2D eigenvalue weighted by Gasteiger charge is -2.29. The van der Waals surface area contributed by atoms with Crippen LogP contribution in [0.15, 0.2) is 67.3 Å². The summed E-state index contributed by atoms with van der Waals surface area (Å²) in [6.07, 6.45) is 2.13. The molecule has 18 heavy (non-hydrogen) atoms. The zero-order chi connectivity index (χ0) is 13.0. The molecule has 0 aliphatic heterocycles. The molecule has 0 aliphatic carbocycles.